The summed E-state index contributed by atoms with van der Waals surface area (Å²) < 4.78 is 5.09. The predicted octanol–water partition coefficient (Wildman–Crippen LogP) is 4.21. The second-order valence-electron chi connectivity index (χ2n) is 4.86. The fourth-order valence-corrected chi connectivity index (χ4v) is 2.36. The second-order valence-corrected chi connectivity index (χ2v) is 4.86. The molecule has 0 spiro atoms. The highest BCUT2D eigenvalue weighted by molar-refractivity contribution is 6.02. The van der Waals surface area contributed by atoms with Gasteiger partial charge in [-0.2, -0.15) is 0 Å². The molecule has 0 bridgehead atoms. The molecule has 0 aromatic heterocycles. The van der Waals surface area contributed by atoms with Crippen molar-refractivity contribution >= 4 is 16.7 Å². The first kappa shape index (κ1) is 13.9. The SMILES string of the molecule is COC(=N)c1ccc2ccccc2c1C#Cc1ccccc1. The Bertz CT molecular complexity index is 886. The lowest BCUT2D eigenvalue weighted by Crippen LogP contribution is -2.04. The number of nitrogens with one attached hydrogen (secondary N) is 1. The Labute approximate surface area is 129 Å². The van der Waals surface area contributed by atoms with Gasteiger partial charge in [0.05, 0.1) is 12.7 Å². The quantitative estimate of drug-likeness (QED) is 0.405. The van der Waals surface area contributed by atoms with E-state index in [1.54, 1.807) is 0 Å². The van der Waals surface area contributed by atoms with Crippen LogP contribution >= 0.6 is 0 Å². The van der Waals surface area contributed by atoms with Crippen LogP contribution in [0.4, 0.5) is 0 Å². The number of rotatable bonds is 1. The van der Waals surface area contributed by atoms with Crippen molar-refractivity contribution in [1.82, 2.24) is 0 Å². The molecule has 0 saturated heterocycles. The molecule has 1 N–H and O–H groups in total. The van der Waals surface area contributed by atoms with Gasteiger partial charge in [-0.05, 0) is 29.0 Å². The molecule has 2 heteroatoms. The summed E-state index contributed by atoms with van der Waals surface area (Å²) >= 11 is 0. The molecule has 0 amide bonds. The first-order chi connectivity index (χ1) is 10.8. The number of benzene rings is 3. The molecule has 0 saturated carbocycles. The maximum atomic E-state index is 7.99. The van der Waals surface area contributed by atoms with E-state index in [0.717, 1.165) is 21.9 Å². The molecule has 106 valence electrons. The van der Waals surface area contributed by atoms with E-state index in [4.69, 9.17) is 10.1 Å². The summed E-state index contributed by atoms with van der Waals surface area (Å²) in [5.41, 5.74) is 2.49. The van der Waals surface area contributed by atoms with Gasteiger partial charge in [-0.25, -0.2) is 0 Å². The molecule has 0 radical (unpaired) electrons. The molecule has 3 aromatic rings. The topological polar surface area (TPSA) is 33.1 Å². The van der Waals surface area contributed by atoms with Crippen LogP contribution in [0.25, 0.3) is 10.8 Å². The summed E-state index contributed by atoms with van der Waals surface area (Å²) in [7, 11) is 1.51. The van der Waals surface area contributed by atoms with Gasteiger partial charge in [-0.1, -0.05) is 60.4 Å². The summed E-state index contributed by atoms with van der Waals surface area (Å²) in [6.07, 6.45) is 0. The number of methoxy groups -OCH3 is 1. The summed E-state index contributed by atoms with van der Waals surface area (Å²) in [5, 5.41) is 10.1. The minimum absolute atomic E-state index is 0.128. The van der Waals surface area contributed by atoms with Crippen molar-refractivity contribution in [3.8, 4) is 11.8 Å². The highest BCUT2D eigenvalue weighted by Gasteiger charge is 2.10. The summed E-state index contributed by atoms with van der Waals surface area (Å²) in [5.74, 6) is 6.52. The Hall–Kier alpha value is -3.05. The van der Waals surface area contributed by atoms with Crippen LogP contribution in [0.5, 0.6) is 0 Å². The van der Waals surface area contributed by atoms with E-state index < -0.39 is 0 Å². The van der Waals surface area contributed by atoms with Crippen LogP contribution < -0.4 is 0 Å². The van der Waals surface area contributed by atoms with Gasteiger partial charge in [0.1, 0.15) is 0 Å². The lowest BCUT2D eigenvalue weighted by molar-refractivity contribution is 0.401. The molecular weight excluding hydrogens is 270 g/mol. The Morgan fingerprint density at radius 3 is 2.36 bits per heavy atom. The molecule has 3 rings (SSSR count). The smallest absolute Gasteiger partial charge is 0.214 e. The van der Waals surface area contributed by atoms with Gasteiger partial charge in [0.15, 0.2) is 0 Å². The third-order valence-corrected chi connectivity index (χ3v) is 3.48. The molecule has 0 aliphatic carbocycles. The zero-order valence-corrected chi connectivity index (χ0v) is 12.3. The first-order valence-electron chi connectivity index (χ1n) is 7.01. The van der Waals surface area contributed by atoms with Gasteiger partial charge in [0, 0.05) is 11.1 Å². The zero-order chi connectivity index (χ0) is 15.4. The van der Waals surface area contributed by atoms with Crippen molar-refractivity contribution in [2.24, 2.45) is 0 Å². The number of hydrogen-bond donors (Lipinski definition) is 1. The van der Waals surface area contributed by atoms with Gasteiger partial charge in [-0.15, -0.1) is 0 Å². The molecule has 0 aliphatic heterocycles. The van der Waals surface area contributed by atoms with Crippen molar-refractivity contribution in [2.75, 3.05) is 7.11 Å². The van der Waals surface area contributed by atoms with Crippen LogP contribution in [0.3, 0.4) is 0 Å². The van der Waals surface area contributed by atoms with Gasteiger partial charge in [0.25, 0.3) is 0 Å². The fraction of sp³-hybridized carbons (Fsp3) is 0.0500. The highest BCUT2D eigenvalue weighted by Crippen LogP contribution is 2.22. The van der Waals surface area contributed by atoms with Crippen molar-refractivity contribution in [2.45, 2.75) is 0 Å². The van der Waals surface area contributed by atoms with Crippen LogP contribution in [0, 0.1) is 17.3 Å². The van der Waals surface area contributed by atoms with E-state index >= 15 is 0 Å². The lowest BCUT2D eigenvalue weighted by atomic mass is 9.98. The van der Waals surface area contributed by atoms with Crippen molar-refractivity contribution < 1.29 is 4.74 Å². The standard InChI is InChI=1S/C20H15NO/c1-22-20(21)19-14-12-16-9-5-6-10-17(16)18(19)13-11-15-7-3-2-4-8-15/h2-10,12,14,21H,1H3. The van der Waals surface area contributed by atoms with Crippen LogP contribution in [0.2, 0.25) is 0 Å². The second kappa shape index (κ2) is 6.15. The third kappa shape index (κ3) is 2.70. The van der Waals surface area contributed by atoms with Gasteiger partial charge >= 0.3 is 0 Å². The number of hydrogen-bond acceptors (Lipinski definition) is 2. The van der Waals surface area contributed by atoms with Crippen molar-refractivity contribution in [1.29, 1.82) is 5.41 Å². The normalized spacial score (nSPS) is 9.86. The average Bonchev–Trinajstić information content (AvgIpc) is 2.59. The zero-order valence-electron chi connectivity index (χ0n) is 12.3. The van der Waals surface area contributed by atoms with E-state index in [9.17, 15) is 0 Å². The molecule has 0 aliphatic rings. The molecule has 0 unspecified atom stereocenters. The van der Waals surface area contributed by atoms with E-state index in [1.165, 1.54) is 7.11 Å². The molecule has 22 heavy (non-hydrogen) atoms. The maximum absolute atomic E-state index is 7.99. The average molecular weight is 285 g/mol. The Morgan fingerprint density at radius 2 is 1.59 bits per heavy atom. The van der Waals surface area contributed by atoms with Gasteiger partial charge in [0.2, 0.25) is 5.90 Å². The maximum Gasteiger partial charge on any atom is 0.214 e. The highest BCUT2D eigenvalue weighted by atomic mass is 16.5. The van der Waals surface area contributed by atoms with Crippen LogP contribution in [0.1, 0.15) is 16.7 Å². The van der Waals surface area contributed by atoms with Gasteiger partial charge in [-0.3, -0.25) is 5.41 Å². The Morgan fingerprint density at radius 1 is 0.864 bits per heavy atom. The Balaban J connectivity index is 2.21. The van der Waals surface area contributed by atoms with Crippen LogP contribution in [0.15, 0.2) is 66.7 Å². The van der Waals surface area contributed by atoms with E-state index in [1.807, 2.05) is 66.7 Å². The minimum atomic E-state index is 0.128. The van der Waals surface area contributed by atoms with E-state index in [0.29, 0.717) is 5.56 Å². The lowest BCUT2D eigenvalue weighted by Gasteiger charge is -2.08. The summed E-state index contributed by atoms with van der Waals surface area (Å²) in [6, 6.07) is 21.8. The molecule has 0 heterocycles. The monoisotopic (exact) mass is 285 g/mol. The van der Waals surface area contributed by atoms with Crippen molar-refractivity contribution in [3.63, 3.8) is 0 Å². The summed E-state index contributed by atoms with van der Waals surface area (Å²) in [4.78, 5) is 0. The molecule has 0 fully saturated rings. The minimum Gasteiger partial charge on any atom is -0.481 e. The third-order valence-electron chi connectivity index (χ3n) is 3.48. The van der Waals surface area contributed by atoms with Crippen molar-refractivity contribution in [3.05, 3.63) is 83.4 Å². The fourth-order valence-electron chi connectivity index (χ4n) is 2.36. The summed E-state index contributed by atoms with van der Waals surface area (Å²) in [6.45, 7) is 0. The van der Waals surface area contributed by atoms with E-state index in [-0.39, 0.29) is 5.90 Å². The van der Waals surface area contributed by atoms with Gasteiger partial charge < -0.3 is 4.74 Å². The Kier molecular flexibility index (Phi) is 3.89. The van der Waals surface area contributed by atoms with Crippen LogP contribution in [-0.4, -0.2) is 13.0 Å². The molecule has 0 atom stereocenters. The largest absolute Gasteiger partial charge is 0.481 e. The van der Waals surface area contributed by atoms with E-state index in [2.05, 4.69) is 11.8 Å². The predicted molar refractivity (Wildman–Crippen MR) is 90.2 cm³/mol. The number of ether oxygens (including phenoxy) is 1. The molecule has 2 nitrogen and oxygen atoms in total. The van der Waals surface area contributed by atoms with Crippen LogP contribution in [-0.2, 0) is 4.74 Å². The first-order valence-corrected chi connectivity index (χ1v) is 7.01. The molecular formula is C20H15NO. The number of fused-ring (bicyclic) bond motifs is 1. The molecule has 3 aromatic carbocycles.